The van der Waals surface area contributed by atoms with Crippen LogP contribution in [0.4, 0.5) is 24.7 Å². The van der Waals surface area contributed by atoms with Crippen LogP contribution in [0.3, 0.4) is 0 Å². The minimum atomic E-state index is -4.40. The summed E-state index contributed by atoms with van der Waals surface area (Å²) in [5.74, 6) is -0.253. The summed E-state index contributed by atoms with van der Waals surface area (Å²) in [5, 5.41) is 13.5. The van der Waals surface area contributed by atoms with Gasteiger partial charge in [0.25, 0.3) is 5.91 Å². The molecule has 1 atom stereocenters. The van der Waals surface area contributed by atoms with E-state index in [4.69, 9.17) is 17.3 Å². The summed E-state index contributed by atoms with van der Waals surface area (Å²) in [5.41, 5.74) is 5.56. The zero-order valence-electron chi connectivity index (χ0n) is 16.7. The van der Waals surface area contributed by atoms with Crippen LogP contribution in [0.15, 0.2) is 64.4 Å². The van der Waals surface area contributed by atoms with Gasteiger partial charge in [0.05, 0.1) is 22.3 Å². The van der Waals surface area contributed by atoms with Gasteiger partial charge in [-0.2, -0.15) is 18.3 Å². The molecule has 31 heavy (non-hydrogen) atoms. The number of nitrogens with one attached hydrogen (secondary N) is 2. The number of allylic oxidation sites excluding steroid dienone is 1. The van der Waals surface area contributed by atoms with Crippen molar-refractivity contribution in [3.8, 4) is 0 Å². The zero-order chi connectivity index (χ0) is 23.2. The molecule has 7 nitrogen and oxygen atoms in total. The molecule has 0 aliphatic rings. The van der Waals surface area contributed by atoms with Gasteiger partial charge in [-0.25, -0.2) is 0 Å². The van der Waals surface area contributed by atoms with E-state index in [1.54, 1.807) is 26.0 Å². The number of alkyl halides is 3. The van der Waals surface area contributed by atoms with E-state index in [1.165, 1.54) is 18.3 Å². The van der Waals surface area contributed by atoms with Gasteiger partial charge in [-0.15, -0.1) is 5.10 Å². The molecule has 0 saturated carbocycles. The van der Waals surface area contributed by atoms with Crippen molar-refractivity contribution in [1.82, 2.24) is 15.5 Å². The molecule has 1 aromatic heterocycles. The van der Waals surface area contributed by atoms with Crippen LogP contribution in [0, 0.1) is 0 Å². The molecule has 2 rings (SSSR count). The van der Waals surface area contributed by atoms with E-state index < -0.39 is 23.7 Å². The zero-order valence-corrected chi connectivity index (χ0v) is 17.4. The molecule has 1 heterocycles. The van der Waals surface area contributed by atoms with Gasteiger partial charge in [0.15, 0.2) is 5.82 Å². The lowest BCUT2D eigenvalue weighted by Gasteiger charge is -2.14. The van der Waals surface area contributed by atoms with Crippen molar-refractivity contribution in [3.63, 3.8) is 0 Å². The number of anilines is 2. The maximum absolute atomic E-state index is 12.6. The lowest BCUT2D eigenvalue weighted by molar-refractivity contribution is -0.137. The van der Waals surface area contributed by atoms with E-state index in [0.717, 1.165) is 12.1 Å². The summed E-state index contributed by atoms with van der Waals surface area (Å²) in [6, 6.07) is 7.16. The third-order valence-corrected chi connectivity index (χ3v) is 4.35. The molecule has 1 aromatic carbocycles. The molecule has 0 fully saturated rings. The molecule has 11 heteroatoms. The number of benzene rings is 1. The van der Waals surface area contributed by atoms with Gasteiger partial charge in [0.1, 0.15) is 5.70 Å². The molecule has 164 valence electrons. The van der Waals surface area contributed by atoms with Crippen molar-refractivity contribution in [2.45, 2.75) is 26.1 Å². The molecule has 0 aliphatic heterocycles. The van der Waals surface area contributed by atoms with Crippen LogP contribution in [0.25, 0.3) is 0 Å². The standard InChI is InChI=1S/C20H20ClF3N6O/c1-4-26-18(17(21)11(2)25)19(31)27-12(3)15-9-10-16(30-29-15)28-14-7-5-13(6-8-14)20(22,23)24/h4-10,12H,2,25H2,1,3H3,(H,27,31)(H,28,30)/b18-17+,26-4?. The average Bonchev–Trinajstić information content (AvgIpc) is 2.71. The minimum Gasteiger partial charge on any atom is -0.398 e. The number of halogens is 4. The predicted octanol–water partition coefficient (Wildman–Crippen LogP) is 4.43. The lowest BCUT2D eigenvalue weighted by atomic mass is 10.2. The molecule has 0 radical (unpaired) electrons. The Bertz CT molecular complexity index is 1000. The Kier molecular flexibility index (Phi) is 7.76. The number of nitrogens with zero attached hydrogens (tertiary/aromatic N) is 3. The summed E-state index contributed by atoms with van der Waals surface area (Å²) in [4.78, 5) is 16.4. The highest BCUT2D eigenvalue weighted by Gasteiger charge is 2.29. The van der Waals surface area contributed by atoms with Gasteiger partial charge < -0.3 is 16.4 Å². The first-order valence-electron chi connectivity index (χ1n) is 8.95. The Labute approximate surface area is 181 Å². The van der Waals surface area contributed by atoms with Crippen molar-refractivity contribution >= 4 is 35.2 Å². The molecular weight excluding hydrogens is 433 g/mol. The monoisotopic (exact) mass is 452 g/mol. The van der Waals surface area contributed by atoms with E-state index in [0.29, 0.717) is 17.2 Å². The maximum atomic E-state index is 12.6. The van der Waals surface area contributed by atoms with Crippen molar-refractivity contribution in [2.75, 3.05) is 5.32 Å². The number of amides is 1. The number of carbonyl (C=O) groups excluding carboxylic acids is 1. The topological polar surface area (TPSA) is 105 Å². The summed E-state index contributed by atoms with van der Waals surface area (Å²) in [7, 11) is 0. The molecule has 2 aromatic rings. The second kappa shape index (κ2) is 10.1. The largest absolute Gasteiger partial charge is 0.416 e. The Morgan fingerprint density at radius 2 is 1.87 bits per heavy atom. The summed E-state index contributed by atoms with van der Waals surface area (Å²) >= 11 is 6.00. The van der Waals surface area contributed by atoms with Crippen molar-refractivity contribution in [2.24, 2.45) is 10.7 Å². The summed E-state index contributed by atoms with van der Waals surface area (Å²) < 4.78 is 37.9. The molecule has 0 aliphatic carbocycles. The summed E-state index contributed by atoms with van der Waals surface area (Å²) in [6.07, 6.45) is -3.01. The van der Waals surface area contributed by atoms with Gasteiger partial charge in [-0.05, 0) is 50.2 Å². The fourth-order valence-electron chi connectivity index (χ4n) is 2.37. The number of rotatable bonds is 7. The number of nitrogens with two attached hydrogens (primary N) is 1. The van der Waals surface area contributed by atoms with Crippen LogP contribution in [0.2, 0.25) is 0 Å². The Morgan fingerprint density at radius 1 is 1.23 bits per heavy atom. The van der Waals surface area contributed by atoms with Crippen LogP contribution in [0.1, 0.15) is 31.1 Å². The molecule has 0 saturated heterocycles. The minimum absolute atomic E-state index is 0.00329. The first-order valence-corrected chi connectivity index (χ1v) is 9.32. The van der Waals surface area contributed by atoms with E-state index in [9.17, 15) is 18.0 Å². The van der Waals surface area contributed by atoms with Gasteiger partial charge in [0.2, 0.25) is 0 Å². The van der Waals surface area contributed by atoms with Gasteiger partial charge in [-0.3, -0.25) is 9.79 Å². The van der Waals surface area contributed by atoms with E-state index in [1.807, 2.05) is 0 Å². The fourth-order valence-corrected chi connectivity index (χ4v) is 2.50. The number of carbonyl (C=O) groups is 1. The SMILES string of the molecule is C=C(N)/C(Cl)=C(\N=CC)C(=O)NC(C)c1ccc(Nc2ccc(C(F)(F)F)cc2)nn1. The van der Waals surface area contributed by atoms with Gasteiger partial charge in [-0.1, -0.05) is 18.2 Å². The van der Waals surface area contributed by atoms with Crippen LogP contribution in [0.5, 0.6) is 0 Å². The number of hydrogen-bond donors (Lipinski definition) is 3. The molecule has 0 spiro atoms. The van der Waals surface area contributed by atoms with Gasteiger partial charge >= 0.3 is 6.18 Å². The fraction of sp³-hybridized carbons (Fsp3) is 0.200. The lowest BCUT2D eigenvalue weighted by Crippen LogP contribution is -2.29. The van der Waals surface area contributed by atoms with E-state index in [2.05, 4.69) is 32.4 Å². The van der Waals surface area contributed by atoms with Crippen molar-refractivity contribution in [3.05, 3.63) is 70.7 Å². The highest BCUT2D eigenvalue weighted by atomic mass is 35.5. The smallest absolute Gasteiger partial charge is 0.398 e. The maximum Gasteiger partial charge on any atom is 0.416 e. The number of aliphatic imine (C=N–C) groups is 1. The van der Waals surface area contributed by atoms with E-state index in [-0.39, 0.29) is 16.4 Å². The molecule has 0 bridgehead atoms. The van der Waals surface area contributed by atoms with Crippen molar-refractivity contribution < 1.29 is 18.0 Å². The first kappa shape index (κ1) is 23.9. The Hall–Kier alpha value is -3.40. The van der Waals surface area contributed by atoms with Crippen LogP contribution < -0.4 is 16.4 Å². The van der Waals surface area contributed by atoms with E-state index >= 15 is 0 Å². The number of aromatic nitrogens is 2. The quantitative estimate of drug-likeness (QED) is 0.327. The van der Waals surface area contributed by atoms with Crippen LogP contribution in [-0.2, 0) is 11.0 Å². The summed E-state index contributed by atoms with van der Waals surface area (Å²) in [6.45, 7) is 6.79. The van der Waals surface area contributed by atoms with Crippen molar-refractivity contribution in [1.29, 1.82) is 0 Å². The molecule has 1 unspecified atom stereocenters. The number of hydrogen-bond acceptors (Lipinski definition) is 6. The van der Waals surface area contributed by atoms with Gasteiger partial charge in [0, 0.05) is 17.6 Å². The third-order valence-electron chi connectivity index (χ3n) is 3.92. The Balaban J connectivity index is 2.08. The first-order chi connectivity index (χ1) is 14.5. The molecule has 4 N–H and O–H groups in total. The highest BCUT2D eigenvalue weighted by Crippen LogP contribution is 2.30. The normalized spacial score (nSPS) is 13.5. The molecular formula is C20H20ClF3N6O. The van der Waals surface area contributed by atoms with Crippen LogP contribution >= 0.6 is 11.6 Å². The second-order valence-electron chi connectivity index (χ2n) is 6.31. The molecule has 1 amide bonds. The average molecular weight is 453 g/mol. The van der Waals surface area contributed by atoms with Crippen LogP contribution in [-0.4, -0.2) is 22.3 Å². The second-order valence-corrected chi connectivity index (χ2v) is 6.69. The predicted molar refractivity (Wildman–Crippen MR) is 114 cm³/mol. The Morgan fingerprint density at radius 3 is 2.35 bits per heavy atom. The highest BCUT2D eigenvalue weighted by molar-refractivity contribution is 6.34. The third kappa shape index (κ3) is 6.54.